The molecule has 0 aliphatic rings. The number of halogens is 3. The van der Waals surface area contributed by atoms with Gasteiger partial charge in [0, 0.05) is 14.8 Å². The minimum absolute atomic E-state index is 0.0201. The van der Waals surface area contributed by atoms with E-state index in [2.05, 4.69) is 32.6 Å². The van der Waals surface area contributed by atoms with E-state index in [4.69, 9.17) is 5.73 Å². The third-order valence-corrected chi connectivity index (χ3v) is 3.49. The van der Waals surface area contributed by atoms with Crippen LogP contribution in [0.2, 0.25) is 0 Å². The summed E-state index contributed by atoms with van der Waals surface area (Å²) < 4.78 is 27.7. The van der Waals surface area contributed by atoms with E-state index in [1.165, 1.54) is 6.07 Å². The number of nitrogen functional groups attached to an aromatic ring is 1. The number of rotatable bonds is 1. The van der Waals surface area contributed by atoms with Gasteiger partial charge in [0.05, 0.1) is 5.52 Å². The summed E-state index contributed by atoms with van der Waals surface area (Å²) in [6.45, 7) is 0. The van der Waals surface area contributed by atoms with E-state index in [0.717, 1.165) is 9.64 Å². The summed E-state index contributed by atoms with van der Waals surface area (Å²) >= 11 is 2.15. The Labute approximate surface area is 121 Å². The lowest BCUT2D eigenvalue weighted by atomic mass is 10.2. The number of imidazole rings is 1. The standard InChI is InChI=1S/C13H8F2IN3/c14-8-2-4-10-12(11(8)15)19-13(18-10)7-5-6(16)1-3-9(7)17/h1-5H,17H2,(H,18,19). The molecule has 0 aliphatic heterocycles. The van der Waals surface area contributed by atoms with E-state index < -0.39 is 11.6 Å². The van der Waals surface area contributed by atoms with Gasteiger partial charge in [-0.3, -0.25) is 0 Å². The van der Waals surface area contributed by atoms with E-state index in [1.54, 1.807) is 6.07 Å². The van der Waals surface area contributed by atoms with E-state index >= 15 is 0 Å². The van der Waals surface area contributed by atoms with Crippen LogP contribution in [0.5, 0.6) is 0 Å². The molecule has 3 rings (SSSR count). The molecule has 0 spiro atoms. The Kier molecular flexibility index (Phi) is 2.89. The highest BCUT2D eigenvalue weighted by Crippen LogP contribution is 2.28. The average molecular weight is 371 g/mol. The monoisotopic (exact) mass is 371 g/mol. The second kappa shape index (κ2) is 4.44. The number of hydrogen-bond acceptors (Lipinski definition) is 2. The van der Waals surface area contributed by atoms with Crippen molar-refractivity contribution in [2.75, 3.05) is 5.73 Å². The van der Waals surface area contributed by atoms with Crippen LogP contribution in [0.4, 0.5) is 14.5 Å². The summed E-state index contributed by atoms with van der Waals surface area (Å²) in [5, 5.41) is 0. The van der Waals surface area contributed by atoms with E-state index in [0.29, 0.717) is 22.6 Å². The minimum atomic E-state index is -0.954. The molecular formula is C13H8F2IN3. The lowest BCUT2D eigenvalue weighted by Crippen LogP contribution is -1.92. The molecule has 3 aromatic rings. The quantitative estimate of drug-likeness (QED) is 0.506. The number of nitrogens with two attached hydrogens (primary N) is 1. The van der Waals surface area contributed by atoms with Crippen LogP contribution in [-0.4, -0.2) is 9.97 Å². The molecule has 6 heteroatoms. The van der Waals surface area contributed by atoms with Gasteiger partial charge in [-0.15, -0.1) is 0 Å². The Balaban J connectivity index is 2.26. The van der Waals surface area contributed by atoms with Crippen molar-refractivity contribution >= 4 is 39.3 Å². The van der Waals surface area contributed by atoms with Crippen LogP contribution in [0.3, 0.4) is 0 Å². The fraction of sp³-hybridized carbons (Fsp3) is 0. The zero-order valence-corrected chi connectivity index (χ0v) is 11.7. The van der Waals surface area contributed by atoms with E-state index in [-0.39, 0.29) is 5.52 Å². The summed E-state index contributed by atoms with van der Waals surface area (Å²) in [5.41, 5.74) is 7.49. The fourth-order valence-corrected chi connectivity index (χ4v) is 2.37. The number of aromatic nitrogens is 2. The van der Waals surface area contributed by atoms with E-state index in [9.17, 15) is 8.78 Å². The largest absolute Gasteiger partial charge is 0.398 e. The summed E-state index contributed by atoms with van der Waals surface area (Å²) in [5.74, 6) is -1.44. The second-order valence-electron chi connectivity index (χ2n) is 4.07. The zero-order valence-electron chi connectivity index (χ0n) is 9.55. The number of nitrogens with one attached hydrogen (secondary N) is 1. The van der Waals surface area contributed by atoms with Gasteiger partial charge in [-0.2, -0.15) is 0 Å². The molecule has 0 fully saturated rings. The fourth-order valence-electron chi connectivity index (χ4n) is 1.88. The highest BCUT2D eigenvalue weighted by Gasteiger charge is 2.14. The van der Waals surface area contributed by atoms with Crippen LogP contribution < -0.4 is 5.73 Å². The maximum Gasteiger partial charge on any atom is 0.186 e. The summed E-state index contributed by atoms with van der Waals surface area (Å²) in [6, 6.07) is 7.97. The van der Waals surface area contributed by atoms with Gasteiger partial charge in [0.1, 0.15) is 11.3 Å². The molecule has 3 nitrogen and oxygen atoms in total. The first kappa shape index (κ1) is 12.3. The lowest BCUT2D eigenvalue weighted by molar-refractivity contribution is 0.515. The first-order chi connectivity index (χ1) is 9.06. The average Bonchev–Trinajstić information content (AvgIpc) is 2.81. The smallest absolute Gasteiger partial charge is 0.186 e. The molecule has 3 N–H and O–H groups in total. The number of nitrogens with zero attached hydrogens (tertiary/aromatic N) is 1. The molecule has 1 heterocycles. The van der Waals surface area contributed by atoms with Gasteiger partial charge < -0.3 is 10.7 Å². The van der Waals surface area contributed by atoms with Gasteiger partial charge in [-0.25, -0.2) is 13.8 Å². The van der Waals surface area contributed by atoms with E-state index in [1.807, 2.05) is 12.1 Å². The summed E-state index contributed by atoms with van der Waals surface area (Å²) in [7, 11) is 0. The van der Waals surface area contributed by atoms with Crippen molar-refractivity contribution in [2.45, 2.75) is 0 Å². The number of benzene rings is 2. The Morgan fingerprint density at radius 3 is 2.74 bits per heavy atom. The molecule has 2 aromatic carbocycles. The van der Waals surface area contributed by atoms with Gasteiger partial charge in [0.25, 0.3) is 0 Å². The molecule has 96 valence electrons. The van der Waals surface area contributed by atoms with Gasteiger partial charge in [0.15, 0.2) is 11.6 Å². The third-order valence-electron chi connectivity index (χ3n) is 2.82. The van der Waals surface area contributed by atoms with Crippen LogP contribution in [0.1, 0.15) is 0 Å². The zero-order chi connectivity index (χ0) is 13.6. The van der Waals surface area contributed by atoms with Crippen molar-refractivity contribution in [2.24, 2.45) is 0 Å². The molecule has 0 unspecified atom stereocenters. The number of fused-ring (bicyclic) bond motifs is 1. The van der Waals surface area contributed by atoms with Crippen LogP contribution in [-0.2, 0) is 0 Å². The van der Waals surface area contributed by atoms with Crippen LogP contribution in [0.25, 0.3) is 22.4 Å². The SMILES string of the molecule is Nc1ccc(I)cc1-c1nc2c(F)c(F)ccc2[nH]1. The van der Waals surface area contributed by atoms with Gasteiger partial charge >= 0.3 is 0 Å². The van der Waals surface area contributed by atoms with Crippen molar-refractivity contribution in [3.63, 3.8) is 0 Å². The topological polar surface area (TPSA) is 54.7 Å². The number of hydrogen-bond donors (Lipinski definition) is 2. The first-order valence-corrected chi connectivity index (χ1v) is 6.53. The number of aromatic amines is 1. The Bertz CT molecular complexity index is 783. The summed E-state index contributed by atoms with van der Waals surface area (Å²) in [4.78, 5) is 7.04. The molecule has 0 radical (unpaired) electrons. The van der Waals surface area contributed by atoms with Crippen molar-refractivity contribution in [3.05, 3.63) is 45.5 Å². The molecule has 19 heavy (non-hydrogen) atoms. The predicted molar refractivity (Wildman–Crippen MR) is 78.6 cm³/mol. The number of anilines is 1. The lowest BCUT2D eigenvalue weighted by Gasteiger charge is -2.02. The van der Waals surface area contributed by atoms with Crippen LogP contribution in [0, 0.1) is 15.2 Å². The van der Waals surface area contributed by atoms with Gasteiger partial charge in [-0.1, -0.05) is 0 Å². The molecule has 0 saturated heterocycles. The normalized spacial score (nSPS) is 11.1. The Hall–Kier alpha value is -1.70. The minimum Gasteiger partial charge on any atom is -0.398 e. The molecule has 0 amide bonds. The summed E-state index contributed by atoms with van der Waals surface area (Å²) in [6.07, 6.45) is 0. The number of H-pyrrole nitrogens is 1. The Morgan fingerprint density at radius 2 is 1.95 bits per heavy atom. The second-order valence-corrected chi connectivity index (χ2v) is 5.32. The van der Waals surface area contributed by atoms with Crippen molar-refractivity contribution < 1.29 is 8.78 Å². The molecule has 0 bridgehead atoms. The molecule has 0 atom stereocenters. The molecule has 1 aromatic heterocycles. The predicted octanol–water partition coefficient (Wildman–Crippen LogP) is 3.69. The Morgan fingerprint density at radius 1 is 1.16 bits per heavy atom. The first-order valence-electron chi connectivity index (χ1n) is 5.45. The van der Waals surface area contributed by atoms with Crippen molar-refractivity contribution in [3.8, 4) is 11.4 Å². The van der Waals surface area contributed by atoms with Crippen molar-refractivity contribution in [1.29, 1.82) is 0 Å². The van der Waals surface area contributed by atoms with Gasteiger partial charge in [-0.05, 0) is 52.9 Å². The maximum atomic E-state index is 13.6. The molecule has 0 aliphatic carbocycles. The van der Waals surface area contributed by atoms with Gasteiger partial charge in [0.2, 0.25) is 0 Å². The molecule has 0 saturated carbocycles. The molecular weight excluding hydrogens is 363 g/mol. The highest BCUT2D eigenvalue weighted by atomic mass is 127. The van der Waals surface area contributed by atoms with Crippen LogP contribution >= 0.6 is 22.6 Å². The third kappa shape index (κ3) is 2.05. The van der Waals surface area contributed by atoms with Crippen LogP contribution in [0.15, 0.2) is 30.3 Å². The maximum absolute atomic E-state index is 13.6. The van der Waals surface area contributed by atoms with Crippen molar-refractivity contribution in [1.82, 2.24) is 9.97 Å². The highest BCUT2D eigenvalue weighted by molar-refractivity contribution is 14.1.